The van der Waals surface area contributed by atoms with Crippen LogP contribution < -0.4 is 5.32 Å². The summed E-state index contributed by atoms with van der Waals surface area (Å²) in [6.07, 6.45) is -4.35. The smallest absolute Gasteiger partial charge is 0.416 e. The lowest BCUT2D eigenvalue weighted by Crippen LogP contribution is -2.11. The van der Waals surface area contributed by atoms with Gasteiger partial charge in [0.1, 0.15) is 11.5 Å². The highest BCUT2D eigenvalue weighted by Crippen LogP contribution is 2.35. The van der Waals surface area contributed by atoms with Crippen LogP contribution in [0.2, 0.25) is 0 Å². The molecule has 0 bridgehead atoms. The molecule has 0 aliphatic heterocycles. The minimum absolute atomic E-state index is 0.0104. The monoisotopic (exact) mass is 283 g/mol. The average molecular weight is 283 g/mol. The first kappa shape index (κ1) is 14.7. The van der Waals surface area contributed by atoms with E-state index in [1.807, 2.05) is 6.92 Å². The van der Waals surface area contributed by atoms with Crippen LogP contribution in [0.1, 0.15) is 29.9 Å². The molecule has 2 nitrogen and oxygen atoms in total. The van der Waals surface area contributed by atoms with E-state index in [0.717, 1.165) is 6.07 Å². The van der Waals surface area contributed by atoms with Crippen LogP contribution in [-0.2, 0) is 6.18 Å². The molecule has 0 amide bonds. The minimum Gasteiger partial charge on any atom is -0.459 e. The molecule has 1 atom stereocenters. The summed E-state index contributed by atoms with van der Waals surface area (Å²) in [4.78, 5) is 0. The van der Waals surface area contributed by atoms with Crippen molar-refractivity contribution < 1.29 is 17.6 Å². The fourth-order valence-electron chi connectivity index (χ4n) is 1.96. The summed E-state index contributed by atoms with van der Waals surface area (Å²) in [5.41, 5.74) is 0.00344. The van der Waals surface area contributed by atoms with E-state index >= 15 is 0 Å². The van der Waals surface area contributed by atoms with E-state index < -0.39 is 11.7 Å². The van der Waals surface area contributed by atoms with Gasteiger partial charge in [0.25, 0.3) is 0 Å². The number of furan rings is 1. The van der Waals surface area contributed by atoms with Gasteiger partial charge in [-0.15, -0.1) is 0 Å². The normalized spacial score (nSPS) is 13.5. The predicted molar refractivity (Wildman–Crippen MR) is 71.4 cm³/mol. The highest BCUT2D eigenvalue weighted by atomic mass is 19.4. The Morgan fingerprint density at radius 1 is 1.15 bits per heavy atom. The van der Waals surface area contributed by atoms with Crippen molar-refractivity contribution in [1.29, 1.82) is 0 Å². The maximum absolute atomic E-state index is 12.9. The molecule has 1 heterocycles. The Hall–Kier alpha value is -1.75. The number of rotatable bonds is 3. The second-order valence-corrected chi connectivity index (χ2v) is 4.74. The zero-order valence-corrected chi connectivity index (χ0v) is 11.5. The highest BCUT2D eigenvalue weighted by Gasteiger charge is 2.32. The number of alkyl halides is 3. The summed E-state index contributed by atoms with van der Waals surface area (Å²) in [6.45, 7) is 3.36. The van der Waals surface area contributed by atoms with Crippen molar-refractivity contribution in [3.05, 3.63) is 47.2 Å². The van der Waals surface area contributed by atoms with Crippen LogP contribution in [0.3, 0.4) is 0 Å². The molecule has 0 radical (unpaired) electrons. The molecular weight excluding hydrogens is 267 g/mol. The third kappa shape index (κ3) is 2.88. The van der Waals surface area contributed by atoms with E-state index in [1.54, 1.807) is 25.2 Å². The minimum atomic E-state index is -4.35. The van der Waals surface area contributed by atoms with Crippen LogP contribution in [0.4, 0.5) is 13.2 Å². The largest absolute Gasteiger partial charge is 0.459 e. The molecule has 20 heavy (non-hydrogen) atoms. The molecule has 1 aromatic heterocycles. The molecule has 2 rings (SSSR count). The van der Waals surface area contributed by atoms with Crippen molar-refractivity contribution in [3.63, 3.8) is 0 Å². The molecule has 1 aromatic carbocycles. The third-order valence-corrected chi connectivity index (χ3v) is 3.31. The number of halogens is 3. The Morgan fingerprint density at radius 2 is 1.85 bits per heavy atom. The molecular formula is C15H16F3NO. The van der Waals surface area contributed by atoms with Gasteiger partial charge >= 0.3 is 6.18 Å². The van der Waals surface area contributed by atoms with Crippen molar-refractivity contribution in [3.8, 4) is 11.3 Å². The van der Waals surface area contributed by atoms with Crippen molar-refractivity contribution in [1.82, 2.24) is 5.32 Å². The van der Waals surface area contributed by atoms with Gasteiger partial charge in [-0.2, -0.15) is 13.2 Å². The van der Waals surface area contributed by atoms with Gasteiger partial charge in [0.15, 0.2) is 0 Å². The number of aryl methyl sites for hydroxylation is 1. The summed E-state index contributed by atoms with van der Waals surface area (Å²) >= 11 is 0. The quantitative estimate of drug-likeness (QED) is 0.893. The average Bonchev–Trinajstić information content (AvgIpc) is 2.86. The third-order valence-electron chi connectivity index (χ3n) is 3.31. The van der Waals surface area contributed by atoms with E-state index in [2.05, 4.69) is 5.32 Å². The Balaban J connectivity index is 2.41. The molecule has 0 spiro atoms. The van der Waals surface area contributed by atoms with Crippen molar-refractivity contribution in [2.45, 2.75) is 26.1 Å². The highest BCUT2D eigenvalue weighted by molar-refractivity contribution is 5.60. The van der Waals surface area contributed by atoms with E-state index in [1.165, 1.54) is 13.0 Å². The van der Waals surface area contributed by atoms with Gasteiger partial charge in [0.05, 0.1) is 11.6 Å². The van der Waals surface area contributed by atoms with E-state index in [9.17, 15) is 13.2 Å². The molecule has 108 valence electrons. The van der Waals surface area contributed by atoms with Crippen LogP contribution in [0.15, 0.2) is 34.7 Å². The number of benzene rings is 1. The zero-order chi connectivity index (χ0) is 14.9. The SMILES string of the molecule is CNC(C)c1ccc(-c2ccc(C)c(C(F)(F)F)c2)o1. The topological polar surface area (TPSA) is 25.2 Å². The zero-order valence-electron chi connectivity index (χ0n) is 11.5. The van der Waals surface area contributed by atoms with Gasteiger partial charge in [0, 0.05) is 5.56 Å². The van der Waals surface area contributed by atoms with Crippen LogP contribution in [0.5, 0.6) is 0 Å². The molecule has 2 aromatic rings. The molecule has 1 N–H and O–H groups in total. The molecule has 0 aliphatic rings. The van der Waals surface area contributed by atoms with Crippen molar-refractivity contribution >= 4 is 0 Å². The second kappa shape index (κ2) is 5.32. The number of hydrogen-bond donors (Lipinski definition) is 1. The van der Waals surface area contributed by atoms with Gasteiger partial charge in [-0.1, -0.05) is 12.1 Å². The summed E-state index contributed by atoms with van der Waals surface area (Å²) < 4.78 is 44.3. The Bertz CT molecular complexity index is 601. The van der Waals surface area contributed by atoms with Crippen LogP contribution in [0, 0.1) is 6.92 Å². The van der Waals surface area contributed by atoms with Gasteiger partial charge in [-0.3, -0.25) is 0 Å². The number of nitrogens with one attached hydrogen (secondary N) is 1. The standard InChI is InChI=1S/C15H16F3NO/c1-9-4-5-11(8-12(9)15(16,17)18)14-7-6-13(20-14)10(2)19-3/h4-8,10,19H,1-3H3. The van der Waals surface area contributed by atoms with Gasteiger partial charge < -0.3 is 9.73 Å². The van der Waals surface area contributed by atoms with E-state index in [-0.39, 0.29) is 11.6 Å². The summed E-state index contributed by atoms with van der Waals surface area (Å²) in [7, 11) is 1.79. The van der Waals surface area contributed by atoms with E-state index in [4.69, 9.17) is 4.42 Å². The lowest BCUT2D eigenvalue weighted by atomic mass is 10.0. The fraction of sp³-hybridized carbons (Fsp3) is 0.333. The molecule has 0 fully saturated rings. The molecule has 0 aliphatic carbocycles. The van der Waals surface area contributed by atoms with Crippen molar-refractivity contribution in [2.24, 2.45) is 0 Å². The Kier molecular flexibility index (Phi) is 3.90. The second-order valence-electron chi connectivity index (χ2n) is 4.74. The summed E-state index contributed by atoms with van der Waals surface area (Å²) in [5.74, 6) is 1.13. The predicted octanol–water partition coefficient (Wildman–Crippen LogP) is 4.55. The molecule has 0 saturated heterocycles. The maximum Gasteiger partial charge on any atom is 0.416 e. The number of hydrogen-bond acceptors (Lipinski definition) is 2. The van der Waals surface area contributed by atoms with Crippen molar-refractivity contribution in [2.75, 3.05) is 7.05 Å². The first-order chi connectivity index (χ1) is 9.32. The summed E-state index contributed by atoms with van der Waals surface area (Å²) in [5, 5.41) is 3.02. The van der Waals surface area contributed by atoms with Crippen LogP contribution in [-0.4, -0.2) is 7.05 Å². The van der Waals surface area contributed by atoms with Gasteiger partial charge in [-0.25, -0.2) is 0 Å². The van der Waals surface area contributed by atoms with E-state index in [0.29, 0.717) is 17.1 Å². The summed E-state index contributed by atoms with van der Waals surface area (Å²) in [6, 6.07) is 7.69. The van der Waals surface area contributed by atoms with Crippen LogP contribution in [0.25, 0.3) is 11.3 Å². The lowest BCUT2D eigenvalue weighted by molar-refractivity contribution is -0.138. The molecule has 5 heteroatoms. The first-order valence-electron chi connectivity index (χ1n) is 6.28. The Morgan fingerprint density at radius 3 is 2.45 bits per heavy atom. The molecule has 0 saturated carbocycles. The first-order valence-corrected chi connectivity index (χ1v) is 6.28. The van der Waals surface area contributed by atoms with Gasteiger partial charge in [0.2, 0.25) is 0 Å². The van der Waals surface area contributed by atoms with Crippen LogP contribution >= 0.6 is 0 Å². The molecule has 1 unspecified atom stereocenters. The Labute approximate surface area is 115 Å². The van der Waals surface area contributed by atoms with Gasteiger partial charge in [-0.05, 0) is 44.7 Å². The lowest BCUT2D eigenvalue weighted by Gasteiger charge is -2.11. The fourth-order valence-corrected chi connectivity index (χ4v) is 1.96. The maximum atomic E-state index is 12.9.